The Morgan fingerprint density at radius 1 is 1.14 bits per heavy atom. The maximum atomic E-state index is 7.42. The van der Waals surface area contributed by atoms with E-state index in [9.17, 15) is 0 Å². The van der Waals surface area contributed by atoms with E-state index in [1.54, 1.807) is 24.4 Å². The van der Waals surface area contributed by atoms with Gasteiger partial charge in [0.2, 0.25) is 0 Å². The van der Waals surface area contributed by atoms with Crippen LogP contribution in [0.5, 0.6) is 11.5 Å². The van der Waals surface area contributed by atoms with Gasteiger partial charge in [-0.15, -0.1) is 0 Å². The zero-order valence-electron chi connectivity index (χ0n) is 11.0. The normalized spacial score (nSPS) is 10.5. The summed E-state index contributed by atoms with van der Waals surface area (Å²) < 4.78 is 5.87. The second kappa shape index (κ2) is 5.42. The van der Waals surface area contributed by atoms with Crippen LogP contribution in [-0.2, 0) is 0 Å². The lowest BCUT2D eigenvalue weighted by molar-refractivity contribution is 0.488. The number of pyridine rings is 1. The number of ether oxygens (including phenoxy) is 1. The second-order valence-electron chi connectivity index (χ2n) is 4.48. The van der Waals surface area contributed by atoms with Gasteiger partial charge in [0.25, 0.3) is 0 Å². The molecular weight excluding hydrogens is 286 g/mol. The van der Waals surface area contributed by atoms with E-state index in [0.717, 1.165) is 10.9 Å². The van der Waals surface area contributed by atoms with Crippen molar-refractivity contribution in [2.45, 2.75) is 0 Å². The molecule has 1 heterocycles. The topological polar surface area (TPSA) is 72.0 Å². The number of hydrogen-bond acceptors (Lipinski definition) is 3. The molecule has 3 rings (SSSR count). The second-order valence-corrected chi connectivity index (χ2v) is 4.89. The summed E-state index contributed by atoms with van der Waals surface area (Å²) >= 11 is 6.10. The summed E-state index contributed by atoms with van der Waals surface area (Å²) in [5.41, 5.74) is 6.79. The van der Waals surface area contributed by atoms with Gasteiger partial charge in [0.1, 0.15) is 17.3 Å². The fourth-order valence-corrected chi connectivity index (χ4v) is 2.34. The van der Waals surface area contributed by atoms with Gasteiger partial charge < -0.3 is 10.5 Å². The minimum Gasteiger partial charge on any atom is -0.457 e. The van der Waals surface area contributed by atoms with Crippen LogP contribution in [0.15, 0.2) is 54.7 Å². The summed E-state index contributed by atoms with van der Waals surface area (Å²) in [6.07, 6.45) is 1.74. The first kappa shape index (κ1) is 13.4. The molecule has 0 amide bonds. The van der Waals surface area contributed by atoms with Crippen LogP contribution < -0.4 is 10.5 Å². The molecule has 21 heavy (non-hydrogen) atoms. The Hall–Kier alpha value is -2.59. The molecule has 0 aliphatic rings. The number of nitrogen functional groups attached to an aromatic ring is 1. The maximum Gasteiger partial charge on any atom is 0.136 e. The highest BCUT2D eigenvalue weighted by Crippen LogP contribution is 2.31. The minimum absolute atomic E-state index is 0.0686. The van der Waals surface area contributed by atoms with Crippen LogP contribution >= 0.6 is 11.6 Å². The Morgan fingerprint density at radius 2 is 2.00 bits per heavy atom. The van der Waals surface area contributed by atoms with Crippen LogP contribution in [0.1, 0.15) is 5.56 Å². The van der Waals surface area contributed by atoms with Crippen molar-refractivity contribution in [2.75, 3.05) is 0 Å². The molecule has 3 aromatic rings. The first-order chi connectivity index (χ1) is 10.1. The Kier molecular flexibility index (Phi) is 3.46. The lowest BCUT2D eigenvalue weighted by atomic mass is 10.2. The van der Waals surface area contributed by atoms with E-state index in [-0.39, 0.29) is 5.84 Å². The lowest BCUT2D eigenvalue weighted by Crippen LogP contribution is -2.11. The van der Waals surface area contributed by atoms with Crippen molar-refractivity contribution >= 4 is 28.3 Å². The summed E-state index contributed by atoms with van der Waals surface area (Å²) in [5, 5.41) is 8.73. The monoisotopic (exact) mass is 297 g/mol. The summed E-state index contributed by atoms with van der Waals surface area (Å²) in [6.45, 7) is 0. The molecule has 1 aromatic heterocycles. The fraction of sp³-hybridized carbons (Fsp3) is 0. The number of rotatable bonds is 3. The molecule has 104 valence electrons. The number of aromatic nitrogens is 1. The van der Waals surface area contributed by atoms with Gasteiger partial charge in [-0.25, -0.2) is 0 Å². The number of nitrogens with two attached hydrogens (primary N) is 1. The third kappa shape index (κ3) is 2.66. The van der Waals surface area contributed by atoms with E-state index in [1.807, 2.05) is 30.3 Å². The average molecular weight is 298 g/mol. The molecule has 4 nitrogen and oxygen atoms in total. The Morgan fingerprint density at radius 3 is 2.76 bits per heavy atom. The largest absolute Gasteiger partial charge is 0.457 e. The summed E-state index contributed by atoms with van der Waals surface area (Å²) in [6, 6.07) is 14.5. The number of hydrogen-bond donors (Lipinski definition) is 2. The van der Waals surface area contributed by atoms with Crippen molar-refractivity contribution in [3.63, 3.8) is 0 Å². The standard InChI is InChI=1S/C16H12ClN3O/c17-13-9-10(6-7-11(13)16(18)19)21-15-5-1-4-14-12(15)3-2-8-20-14/h1-9H,(H3,18,19). The van der Waals surface area contributed by atoms with Crippen molar-refractivity contribution in [2.24, 2.45) is 5.73 Å². The van der Waals surface area contributed by atoms with Gasteiger partial charge in [-0.2, -0.15) is 0 Å². The van der Waals surface area contributed by atoms with Gasteiger partial charge in [0, 0.05) is 23.2 Å². The molecular formula is C16H12ClN3O. The molecule has 3 N–H and O–H groups in total. The first-order valence-corrected chi connectivity index (χ1v) is 6.68. The number of nitrogens with one attached hydrogen (secondary N) is 1. The van der Waals surface area contributed by atoms with Crippen molar-refractivity contribution in [1.82, 2.24) is 4.98 Å². The number of halogens is 1. The van der Waals surface area contributed by atoms with Crippen LogP contribution in [0.25, 0.3) is 10.9 Å². The van der Waals surface area contributed by atoms with Crippen LogP contribution in [0.3, 0.4) is 0 Å². The van der Waals surface area contributed by atoms with Gasteiger partial charge in [-0.1, -0.05) is 17.7 Å². The van der Waals surface area contributed by atoms with E-state index in [2.05, 4.69) is 4.98 Å². The SMILES string of the molecule is N=C(N)c1ccc(Oc2cccc3ncccc23)cc1Cl. The molecule has 5 heteroatoms. The summed E-state index contributed by atoms with van der Waals surface area (Å²) in [5.74, 6) is 1.22. The fourth-order valence-electron chi connectivity index (χ4n) is 2.07. The van der Waals surface area contributed by atoms with Gasteiger partial charge in [-0.3, -0.25) is 10.4 Å². The molecule has 0 spiro atoms. The van der Waals surface area contributed by atoms with E-state index in [4.69, 9.17) is 27.5 Å². The molecule has 0 atom stereocenters. The Labute approximate surface area is 126 Å². The number of fused-ring (bicyclic) bond motifs is 1. The number of benzene rings is 2. The zero-order chi connectivity index (χ0) is 14.8. The molecule has 0 aliphatic carbocycles. The van der Waals surface area contributed by atoms with Crippen molar-refractivity contribution in [1.29, 1.82) is 5.41 Å². The van der Waals surface area contributed by atoms with Gasteiger partial charge in [0.05, 0.1) is 10.5 Å². The first-order valence-electron chi connectivity index (χ1n) is 6.31. The highest BCUT2D eigenvalue weighted by molar-refractivity contribution is 6.34. The van der Waals surface area contributed by atoms with Crippen molar-refractivity contribution in [3.05, 3.63) is 65.3 Å². The quantitative estimate of drug-likeness (QED) is 0.567. The van der Waals surface area contributed by atoms with Crippen LogP contribution in [-0.4, -0.2) is 10.8 Å². The highest BCUT2D eigenvalue weighted by atomic mass is 35.5. The summed E-state index contributed by atoms with van der Waals surface area (Å²) in [4.78, 5) is 4.29. The molecule has 2 aromatic carbocycles. The number of amidine groups is 1. The van der Waals surface area contributed by atoms with E-state index >= 15 is 0 Å². The maximum absolute atomic E-state index is 7.42. The van der Waals surface area contributed by atoms with Crippen molar-refractivity contribution < 1.29 is 4.74 Å². The molecule has 0 unspecified atom stereocenters. The average Bonchev–Trinajstić information content (AvgIpc) is 2.47. The Balaban J connectivity index is 1.99. The van der Waals surface area contributed by atoms with E-state index in [0.29, 0.717) is 22.1 Å². The molecule has 0 aliphatic heterocycles. The van der Waals surface area contributed by atoms with Gasteiger partial charge >= 0.3 is 0 Å². The third-order valence-corrected chi connectivity index (χ3v) is 3.38. The van der Waals surface area contributed by atoms with E-state index < -0.39 is 0 Å². The zero-order valence-corrected chi connectivity index (χ0v) is 11.8. The highest BCUT2D eigenvalue weighted by Gasteiger charge is 2.08. The van der Waals surface area contributed by atoms with Crippen LogP contribution in [0.2, 0.25) is 5.02 Å². The van der Waals surface area contributed by atoms with E-state index in [1.165, 1.54) is 0 Å². The minimum atomic E-state index is -0.0686. The van der Waals surface area contributed by atoms with Gasteiger partial charge in [0.15, 0.2) is 0 Å². The molecule has 0 fully saturated rings. The summed E-state index contributed by atoms with van der Waals surface area (Å²) in [7, 11) is 0. The van der Waals surface area contributed by atoms with Crippen LogP contribution in [0, 0.1) is 5.41 Å². The molecule has 0 saturated heterocycles. The predicted molar refractivity (Wildman–Crippen MR) is 84.3 cm³/mol. The Bertz CT molecular complexity index is 827. The molecule has 0 saturated carbocycles. The third-order valence-electron chi connectivity index (χ3n) is 3.06. The lowest BCUT2D eigenvalue weighted by Gasteiger charge is -2.10. The molecule has 0 bridgehead atoms. The van der Waals surface area contributed by atoms with Gasteiger partial charge in [-0.05, 0) is 36.4 Å². The number of nitrogens with zero attached hydrogens (tertiary/aromatic N) is 1. The predicted octanol–water partition coefficient (Wildman–Crippen LogP) is 3.96. The molecule has 0 radical (unpaired) electrons. The van der Waals surface area contributed by atoms with Crippen molar-refractivity contribution in [3.8, 4) is 11.5 Å². The smallest absolute Gasteiger partial charge is 0.136 e. The van der Waals surface area contributed by atoms with Crippen LogP contribution in [0.4, 0.5) is 0 Å².